The van der Waals surface area contributed by atoms with Gasteiger partial charge in [-0.15, -0.1) is 0 Å². The van der Waals surface area contributed by atoms with Crippen molar-refractivity contribution >= 4 is 11.6 Å². The van der Waals surface area contributed by atoms with Crippen LogP contribution in [0.15, 0.2) is 30.6 Å². The number of rotatable bonds is 5. The molecule has 2 rings (SSSR count). The van der Waals surface area contributed by atoms with E-state index in [1.54, 1.807) is 18.3 Å². The Morgan fingerprint density at radius 1 is 1.47 bits per heavy atom. The minimum absolute atomic E-state index is 0.0851. The molecular weight excluding hydrogens is 265 g/mol. The molecule has 0 aliphatic rings. The summed E-state index contributed by atoms with van der Waals surface area (Å²) >= 11 is 5.86. The van der Waals surface area contributed by atoms with Gasteiger partial charge in [-0.3, -0.25) is 0 Å². The molecule has 1 N–H and O–H groups in total. The number of nitrogens with zero attached hydrogens (tertiary/aromatic N) is 2. The Hall–Kier alpha value is -1.39. The second kappa shape index (κ2) is 6.17. The highest BCUT2D eigenvalue weighted by Crippen LogP contribution is 2.25. The molecular formula is C14H17ClFN3. The van der Waals surface area contributed by atoms with Crippen molar-refractivity contribution in [1.29, 1.82) is 0 Å². The Kier molecular flexibility index (Phi) is 4.56. The van der Waals surface area contributed by atoms with E-state index >= 15 is 0 Å². The van der Waals surface area contributed by atoms with Crippen molar-refractivity contribution < 1.29 is 4.39 Å². The van der Waals surface area contributed by atoms with Gasteiger partial charge >= 0.3 is 0 Å². The van der Waals surface area contributed by atoms with E-state index in [0.717, 1.165) is 24.4 Å². The highest BCUT2D eigenvalue weighted by molar-refractivity contribution is 6.30. The van der Waals surface area contributed by atoms with Crippen LogP contribution in [0.25, 0.3) is 0 Å². The Morgan fingerprint density at radius 2 is 2.26 bits per heavy atom. The number of imidazole rings is 1. The first-order valence-corrected chi connectivity index (χ1v) is 6.66. The lowest BCUT2D eigenvalue weighted by Crippen LogP contribution is -2.25. The first kappa shape index (κ1) is 14.0. The molecule has 102 valence electrons. The molecule has 0 amide bonds. The number of nitrogens with one attached hydrogen (secondary N) is 1. The molecule has 0 aliphatic heterocycles. The molecule has 3 nitrogen and oxygen atoms in total. The fourth-order valence-corrected chi connectivity index (χ4v) is 2.18. The zero-order valence-corrected chi connectivity index (χ0v) is 11.8. The maximum absolute atomic E-state index is 13.3. The number of aromatic nitrogens is 2. The Bertz CT molecular complexity index is 553. The minimum Gasteiger partial charge on any atom is -0.336 e. The summed E-state index contributed by atoms with van der Waals surface area (Å²) in [5, 5.41) is 3.55. The molecule has 1 unspecified atom stereocenters. The van der Waals surface area contributed by atoms with Gasteiger partial charge in [-0.2, -0.15) is 0 Å². The molecule has 0 spiro atoms. The summed E-state index contributed by atoms with van der Waals surface area (Å²) in [6, 6.07) is 4.70. The zero-order chi connectivity index (χ0) is 13.8. The first-order chi connectivity index (χ1) is 9.13. The van der Waals surface area contributed by atoms with Crippen LogP contribution in [0.5, 0.6) is 0 Å². The van der Waals surface area contributed by atoms with E-state index in [9.17, 15) is 4.39 Å². The van der Waals surface area contributed by atoms with E-state index < -0.39 is 5.82 Å². The molecule has 0 saturated carbocycles. The van der Waals surface area contributed by atoms with Gasteiger partial charge in [0.25, 0.3) is 0 Å². The van der Waals surface area contributed by atoms with Gasteiger partial charge < -0.3 is 9.88 Å². The lowest BCUT2D eigenvalue weighted by Gasteiger charge is -2.19. The van der Waals surface area contributed by atoms with Crippen molar-refractivity contribution in [2.75, 3.05) is 6.54 Å². The topological polar surface area (TPSA) is 29.9 Å². The number of hydrogen-bond donors (Lipinski definition) is 1. The maximum Gasteiger partial charge on any atom is 0.141 e. The number of benzene rings is 1. The summed E-state index contributed by atoms with van der Waals surface area (Å²) in [5.74, 6) is 0.482. The lowest BCUT2D eigenvalue weighted by molar-refractivity contribution is 0.553. The van der Waals surface area contributed by atoms with Gasteiger partial charge in [-0.1, -0.05) is 24.6 Å². The molecule has 1 heterocycles. The highest BCUT2D eigenvalue weighted by atomic mass is 35.5. The molecule has 0 fully saturated rings. The van der Waals surface area contributed by atoms with Crippen molar-refractivity contribution in [2.45, 2.75) is 19.4 Å². The van der Waals surface area contributed by atoms with Gasteiger partial charge in [-0.05, 0) is 30.7 Å². The molecule has 0 bridgehead atoms. The summed E-state index contributed by atoms with van der Waals surface area (Å²) in [6.07, 6.45) is 4.65. The minimum atomic E-state index is -0.403. The number of halogens is 2. The van der Waals surface area contributed by atoms with Crippen molar-refractivity contribution in [2.24, 2.45) is 7.05 Å². The van der Waals surface area contributed by atoms with Crippen LogP contribution >= 0.6 is 11.6 Å². The second-order valence-electron chi connectivity index (χ2n) is 4.46. The van der Waals surface area contributed by atoms with Gasteiger partial charge in [0.2, 0.25) is 0 Å². The summed E-state index contributed by atoms with van der Waals surface area (Å²) in [6.45, 7) is 2.95. The molecule has 2 aromatic rings. The van der Waals surface area contributed by atoms with E-state index in [2.05, 4.69) is 17.2 Å². The van der Waals surface area contributed by atoms with Crippen molar-refractivity contribution in [3.8, 4) is 0 Å². The smallest absolute Gasteiger partial charge is 0.141 e. The van der Waals surface area contributed by atoms with Crippen molar-refractivity contribution in [3.63, 3.8) is 0 Å². The maximum atomic E-state index is 13.3. The fraction of sp³-hybridized carbons (Fsp3) is 0.357. The van der Waals surface area contributed by atoms with Crippen LogP contribution in [0.1, 0.15) is 30.8 Å². The second-order valence-corrected chi connectivity index (χ2v) is 4.86. The van der Waals surface area contributed by atoms with Crippen LogP contribution in [0, 0.1) is 5.82 Å². The van der Waals surface area contributed by atoms with E-state index in [0.29, 0.717) is 0 Å². The van der Waals surface area contributed by atoms with Crippen LogP contribution in [0.2, 0.25) is 5.02 Å². The zero-order valence-electron chi connectivity index (χ0n) is 11.0. The largest absolute Gasteiger partial charge is 0.336 e. The van der Waals surface area contributed by atoms with Crippen LogP contribution in [0.3, 0.4) is 0 Å². The van der Waals surface area contributed by atoms with Crippen LogP contribution in [0.4, 0.5) is 4.39 Å². The van der Waals surface area contributed by atoms with E-state index in [1.807, 2.05) is 17.8 Å². The summed E-state index contributed by atoms with van der Waals surface area (Å²) in [4.78, 5) is 4.36. The van der Waals surface area contributed by atoms with Crippen molar-refractivity contribution in [1.82, 2.24) is 14.9 Å². The molecule has 1 aromatic carbocycles. The predicted octanol–water partition coefficient (Wildman–Crippen LogP) is 3.30. The van der Waals surface area contributed by atoms with Crippen molar-refractivity contribution in [3.05, 3.63) is 52.8 Å². The van der Waals surface area contributed by atoms with Gasteiger partial charge in [0.15, 0.2) is 0 Å². The average Bonchev–Trinajstić information content (AvgIpc) is 2.80. The molecule has 0 radical (unpaired) electrons. The summed E-state index contributed by atoms with van der Waals surface area (Å²) in [7, 11) is 1.94. The standard InChI is InChI=1S/C14H17ClFN3/c1-3-6-17-13(14-18-7-8-19(14)2)10-4-5-12(16)11(15)9-10/h4-5,7-9,13,17H,3,6H2,1-2H3. The third kappa shape index (κ3) is 3.14. The Labute approximate surface area is 117 Å². The van der Waals surface area contributed by atoms with E-state index in [4.69, 9.17) is 11.6 Å². The first-order valence-electron chi connectivity index (χ1n) is 6.29. The van der Waals surface area contributed by atoms with Crippen LogP contribution in [-0.4, -0.2) is 16.1 Å². The van der Waals surface area contributed by atoms with E-state index in [-0.39, 0.29) is 11.1 Å². The van der Waals surface area contributed by atoms with Gasteiger partial charge in [0.05, 0.1) is 11.1 Å². The molecule has 0 aliphatic carbocycles. The number of hydrogen-bond acceptors (Lipinski definition) is 2. The molecule has 19 heavy (non-hydrogen) atoms. The highest BCUT2D eigenvalue weighted by Gasteiger charge is 2.18. The molecule has 1 atom stereocenters. The quantitative estimate of drug-likeness (QED) is 0.911. The molecule has 0 saturated heterocycles. The SMILES string of the molecule is CCCNC(c1ccc(F)c(Cl)c1)c1nccn1C. The normalized spacial score (nSPS) is 12.6. The molecule has 1 aromatic heterocycles. The monoisotopic (exact) mass is 281 g/mol. The van der Waals surface area contributed by atoms with Crippen LogP contribution in [-0.2, 0) is 7.05 Å². The third-order valence-electron chi connectivity index (χ3n) is 2.99. The summed E-state index contributed by atoms with van der Waals surface area (Å²) < 4.78 is 15.2. The predicted molar refractivity (Wildman–Crippen MR) is 74.8 cm³/mol. The van der Waals surface area contributed by atoms with E-state index in [1.165, 1.54) is 6.07 Å². The Balaban J connectivity index is 2.37. The lowest BCUT2D eigenvalue weighted by atomic mass is 10.1. The van der Waals surface area contributed by atoms with Gasteiger partial charge in [0, 0.05) is 19.4 Å². The third-order valence-corrected chi connectivity index (χ3v) is 3.28. The average molecular weight is 282 g/mol. The molecule has 5 heteroatoms. The van der Waals surface area contributed by atoms with Gasteiger partial charge in [-0.25, -0.2) is 9.37 Å². The van der Waals surface area contributed by atoms with Gasteiger partial charge in [0.1, 0.15) is 11.6 Å². The van der Waals surface area contributed by atoms with Crippen LogP contribution < -0.4 is 5.32 Å². The number of aryl methyl sites for hydroxylation is 1. The summed E-state index contributed by atoms with van der Waals surface area (Å²) in [5.41, 5.74) is 0.911. The fourth-order valence-electron chi connectivity index (χ4n) is 1.99. The Morgan fingerprint density at radius 3 is 2.84 bits per heavy atom.